The van der Waals surface area contributed by atoms with E-state index in [9.17, 15) is 4.79 Å². The van der Waals surface area contributed by atoms with Gasteiger partial charge in [-0.05, 0) is 58.3 Å². The number of nitrogens with one attached hydrogen (secondary N) is 1. The number of hydrogen-bond donors (Lipinski definition) is 1. The highest BCUT2D eigenvalue weighted by Gasteiger charge is 2.46. The van der Waals surface area contributed by atoms with Crippen molar-refractivity contribution in [3.05, 3.63) is 88.4 Å². The van der Waals surface area contributed by atoms with Crippen molar-refractivity contribution in [2.45, 2.75) is 37.6 Å². The number of halogens is 1. The Balaban J connectivity index is 1.21. The van der Waals surface area contributed by atoms with Crippen LogP contribution in [0.25, 0.3) is 5.65 Å². The van der Waals surface area contributed by atoms with Gasteiger partial charge in [-0.2, -0.15) is 9.61 Å². The molecule has 0 bridgehead atoms. The van der Waals surface area contributed by atoms with E-state index in [1.54, 1.807) is 12.4 Å². The SMILES string of the molecule is O=C(C1C[C@H]1c1ccccc1)N1CCCC(c2cc(NCc3cccnc3)n3ncc(Br)c3n2)C1. The Bertz CT molecular complexity index is 1340. The number of carbonyl (C=O) groups excluding carboxylic acids is 1. The lowest BCUT2D eigenvalue weighted by Crippen LogP contribution is -2.40. The Morgan fingerprint density at radius 1 is 1.14 bits per heavy atom. The average molecular weight is 531 g/mol. The van der Waals surface area contributed by atoms with Gasteiger partial charge in [0.05, 0.1) is 16.4 Å². The Hall–Kier alpha value is -3.26. The molecule has 1 aromatic carbocycles. The van der Waals surface area contributed by atoms with E-state index >= 15 is 0 Å². The maximum absolute atomic E-state index is 13.3. The predicted molar refractivity (Wildman–Crippen MR) is 138 cm³/mol. The predicted octanol–water partition coefficient (Wildman–Crippen LogP) is 5.01. The Kier molecular flexibility index (Phi) is 5.98. The summed E-state index contributed by atoms with van der Waals surface area (Å²) in [6.07, 6.45) is 8.37. The smallest absolute Gasteiger partial charge is 0.226 e. The maximum atomic E-state index is 13.3. The molecule has 8 heteroatoms. The Morgan fingerprint density at radius 3 is 2.86 bits per heavy atom. The molecule has 1 aliphatic heterocycles. The number of hydrogen-bond acceptors (Lipinski definition) is 5. The quantitative estimate of drug-likeness (QED) is 0.379. The molecule has 0 radical (unpaired) electrons. The molecule has 1 amide bonds. The van der Waals surface area contributed by atoms with Gasteiger partial charge in [0.25, 0.3) is 0 Å². The van der Waals surface area contributed by atoms with E-state index in [4.69, 9.17) is 4.98 Å². The van der Waals surface area contributed by atoms with Crippen LogP contribution >= 0.6 is 15.9 Å². The molecule has 2 aliphatic rings. The zero-order chi connectivity index (χ0) is 23.8. The monoisotopic (exact) mass is 530 g/mol. The first-order chi connectivity index (χ1) is 17.2. The number of likely N-dealkylation sites (tertiary alicyclic amines) is 1. The number of benzene rings is 1. The minimum Gasteiger partial charge on any atom is -0.366 e. The topological polar surface area (TPSA) is 75.4 Å². The number of nitrogens with zero attached hydrogens (tertiary/aromatic N) is 5. The van der Waals surface area contributed by atoms with Crippen LogP contribution < -0.4 is 5.32 Å². The van der Waals surface area contributed by atoms with E-state index in [-0.39, 0.29) is 11.8 Å². The van der Waals surface area contributed by atoms with Crippen molar-refractivity contribution in [2.75, 3.05) is 18.4 Å². The largest absolute Gasteiger partial charge is 0.366 e. The second kappa shape index (κ2) is 9.41. The summed E-state index contributed by atoms with van der Waals surface area (Å²) in [6, 6.07) is 16.5. The molecule has 35 heavy (non-hydrogen) atoms. The van der Waals surface area contributed by atoms with Crippen molar-refractivity contribution < 1.29 is 4.79 Å². The molecule has 1 saturated heterocycles. The molecular formula is C27H27BrN6O. The van der Waals surface area contributed by atoms with E-state index in [2.05, 4.69) is 66.6 Å². The van der Waals surface area contributed by atoms with Crippen molar-refractivity contribution in [3.63, 3.8) is 0 Å². The molecule has 1 saturated carbocycles. The number of aromatic nitrogens is 4. The molecule has 6 rings (SSSR count). The van der Waals surface area contributed by atoms with Crippen LogP contribution in [0.4, 0.5) is 5.82 Å². The molecule has 0 spiro atoms. The fourth-order valence-corrected chi connectivity index (χ4v) is 5.52. The summed E-state index contributed by atoms with van der Waals surface area (Å²) < 4.78 is 2.68. The van der Waals surface area contributed by atoms with Gasteiger partial charge in [-0.15, -0.1) is 0 Å². The van der Waals surface area contributed by atoms with Crippen LogP contribution in [0.2, 0.25) is 0 Å². The summed E-state index contributed by atoms with van der Waals surface area (Å²) in [5, 5.41) is 8.00. The number of amides is 1. The zero-order valence-electron chi connectivity index (χ0n) is 19.3. The molecule has 4 heterocycles. The third-order valence-electron chi connectivity index (χ3n) is 7.13. The van der Waals surface area contributed by atoms with Crippen LogP contribution in [0.5, 0.6) is 0 Å². The molecule has 178 valence electrons. The molecule has 2 fully saturated rings. The van der Waals surface area contributed by atoms with Gasteiger partial charge in [0.15, 0.2) is 5.65 Å². The molecule has 3 atom stereocenters. The maximum Gasteiger partial charge on any atom is 0.226 e. The molecule has 4 aromatic rings. The van der Waals surface area contributed by atoms with Crippen molar-refractivity contribution in [1.82, 2.24) is 24.5 Å². The lowest BCUT2D eigenvalue weighted by Gasteiger charge is -2.33. The molecule has 3 aromatic heterocycles. The minimum atomic E-state index is 0.118. The van der Waals surface area contributed by atoms with Gasteiger partial charge in [0, 0.05) is 49.9 Å². The van der Waals surface area contributed by atoms with E-state index in [1.807, 2.05) is 28.9 Å². The van der Waals surface area contributed by atoms with Crippen molar-refractivity contribution in [1.29, 1.82) is 0 Å². The average Bonchev–Trinajstić information content (AvgIpc) is 3.64. The first kappa shape index (κ1) is 22.2. The van der Waals surface area contributed by atoms with E-state index in [1.165, 1.54) is 5.56 Å². The van der Waals surface area contributed by atoms with Gasteiger partial charge in [-0.25, -0.2) is 4.98 Å². The molecule has 2 unspecified atom stereocenters. The number of piperidine rings is 1. The van der Waals surface area contributed by atoms with E-state index in [0.29, 0.717) is 24.9 Å². The highest BCUT2D eigenvalue weighted by Crippen LogP contribution is 2.49. The number of anilines is 1. The normalized spacial score (nSPS) is 21.7. The van der Waals surface area contributed by atoms with Crippen LogP contribution in [0, 0.1) is 5.92 Å². The highest BCUT2D eigenvalue weighted by molar-refractivity contribution is 9.10. The van der Waals surface area contributed by atoms with Gasteiger partial charge in [0.2, 0.25) is 5.91 Å². The third-order valence-corrected chi connectivity index (χ3v) is 7.69. The van der Waals surface area contributed by atoms with Crippen LogP contribution in [0.3, 0.4) is 0 Å². The standard InChI is InChI=1S/C27H27BrN6O/c28-23-16-31-34-25(30-15-18-6-4-10-29-14-18)13-24(32-26(23)34)20-9-5-11-33(17-20)27(35)22-12-21(22)19-7-2-1-3-8-19/h1-4,6-8,10,13-14,16,20-22,30H,5,9,11-12,15,17H2/t20?,21-,22?/m0/s1. The number of carbonyl (C=O) groups is 1. The molecule has 7 nitrogen and oxygen atoms in total. The van der Waals surface area contributed by atoms with Gasteiger partial charge < -0.3 is 10.2 Å². The van der Waals surface area contributed by atoms with Crippen molar-refractivity contribution in [2.24, 2.45) is 5.92 Å². The lowest BCUT2D eigenvalue weighted by molar-refractivity contribution is -0.133. The fraction of sp³-hybridized carbons (Fsp3) is 0.333. The summed E-state index contributed by atoms with van der Waals surface area (Å²) >= 11 is 3.60. The molecular weight excluding hydrogens is 504 g/mol. The van der Waals surface area contributed by atoms with E-state index in [0.717, 1.165) is 53.0 Å². The lowest BCUT2D eigenvalue weighted by atomic mass is 9.94. The van der Waals surface area contributed by atoms with Gasteiger partial charge in [-0.3, -0.25) is 9.78 Å². The summed E-state index contributed by atoms with van der Waals surface area (Å²) in [4.78, 5) is 24.6. The second-order valence-corrected chi connectivity index (χ2v) is 10.3. The summed E-state index contributed by atoms with van der Waals surface area (Å²) in [7, 11) is 0. The van der Waals surface area contributed by atoms with Crippen LogP contribution in [-0.4, -0.2) is 43.5 Å². The van der Waals surface area contributed by atoms with Gasteiger partial charge in [0.1, 0.15) is 5.82 Å². The van der Waals surface area contributed by atoms with E-state index < -0.39 is 0 Å². The zero-order valence-corrected chi connectivity index (χ0v) is 20.9. The Morgan fingerprint density at radius 2 is 2.03 bits per heavy atom. The van der Waals surface area contributed by atoms with Crippen LogP contribution in [-0.2, 0) is 11.3 Å². The minimum absolute atomic E-state index is 0.118. The van der Waals surface area contributed by atoms with Crippen LogP contribution in [0.1, 0.15) is 47.9 Å². The number of pyridine rings is 1. The summed E-state index contributed by atoms with van der Waals surface area (Å²) in [6.45, 7) is 2.19. The van der Waals surface area contributed by atoms with Crippen molar-refractivity contribution in [3.8, 4) is 0 Å². The molecule has 1 N–H and O–H groups in total. The van der Waals surface area contributed by atoms with Gasteiger partial charge in [-0.1, -0.05) is 36.4 Å². The van der Waals surface area contributed by atoms with Gasteiger partial charge >= 0.3 is 0 Å². The first-order valence-corrected chi connectivity index (χ1v) is 13.0. The first-order valence-electron chi connectivity index (χ1n) is 12.2. The highest BCUT2D eigenvalue weighted by atomic mass is 79.9. The molecule has 1 aliphatic carbocycles. The Labute approximate surface area is 212 Å². The number of rotatable bonds is 6. The van der Waals surface area contributed by atoms with Crippen molar-refractivity contribution >= 4 is 33.3 Å². The van der Waals surface area contributed by atoms with Crippen LogP contribution in [0.15, 0.2) is 71.6 Å². The summed E-state index contributed by atoms with van der Waals surface area (Å²) in [5.41, 5.74) is 4.16. The summed E-state index contributed by atoms with van der Waals surface area (Å²) in [5.74, 6) is 1.86. The number of fused-ring (bicyclic) bond motifs is 1. The fourth-order valence-electron chi connectivity index (χ4n) is 5.18. The third kappa shape index (κ3) is 4.55. The second-order valence-electron chi connectivity index (χ2n) is 9.49.